The van der Waals surface area contributed by atoms with Gasteiger partial charge in [-0.25, -0.2) is 9.97 Å². The Labute approximate surface area is 124 Å². The zero-order valence-corrected chi connectivity index (χ0v) is 12.4. The van der Waals surface area contributed by atoms with Gasteiger partial charge in [-0.05, 0) is 0 Å². The molecular weight excluding hydrogens is 268 g/mol. The van der Waals surface area contributed by atoms with Gasteiger partial charge in [0.15, 0.2) is 0 Å². The molecule has 0 spiro atoms. The number of rotatable bonds is 5. The van der Waals surface area contributed by atoms with Crippen molar-refractivity contribution in [2.45, 2.75) is 0 Å². The SMILES string of the molecule is CNc1ncnc(N2CC(CN3CCOCC3)C2)c1C=N. The maximum atomic E-state index is 7.58. The molecule has 21 heavy (non-hydrogen) atoms. The lowest BCUT2D eigenvalue weighted by Crippen LogP contribution is -2.53. The number of aromatic nitrogens is 2. The summed E-state index contributed by atoms with van der Waals surface area (Å²) in [4.78, 5) is 13.2. The molecule has 3 heterocycles. The van der Waals surface area contributed by atoms with Crippen LogP contribution < -0.4 is 10.2 Å². The smallest absolute Gasteiger partial charge is 0.143 e. The number of hydrogen-bond donors (Lipinski definition) is 2. The Kier molecular flexibility index (Phi) is 4.31. The highest BCUT2D eigenvalue weighted by molar-refractivity contribution is 5.91. The van der Waals surface area contributed by atoms with E-state index in [-0.39, 0.29) is 0 Å². The minimum absolute atomic E-state index is 0.676. The minimum atomic E-state index is 0.676. The molecule has 0 bridgehead atoms. The number of anilines is 2. The van der Waals surface area contributed by atoms with Crippen LogP contribution in [-0.2, 0) is 4.74 Å². The lowest BCUT2D eigenvalue weighted by molar-refractivity contribution is 0.0285. The van der Waals surface area contributed by atoms with E-state index in [0.717, 1.165) is 57.3 Å². The van der Waals surface area contributed by atoms with Crippen molar-refractivity contribution in [1.29, 1.82) is 5.41 Å². The van der Waals surface area contributed by atoms with Gasteiger partial charge < -0.3 is 20.4 Å². The van der Waals surface area contributed by atoms with Crippen LogP contribution in [0, 0.1) is 11.3 Å². The molecule has 0 aromatic carbocycles. The monoisotopic (exact) mass is 290 g/mol. The van der Waals surface area contributed by atoms with Gasteiger partial charge in [-0.15, -0.1) is 0 Å². The molecule has 0 amide bonds. The third-order valence-corrected chi connectivity index (χ3v) is 4.12. The predicted molar refractivity (Wildman–Crippen MR) is 82.4 cm³/mol. The maximum absolute atomic E-state index is 7.58. The van der Waals surface area contributed by atoms with Gasteiger partial charge in [0.2, 0.25) is 0 Å². The van der Waals surface area contributed by atoms with E-state index in [1.165, 1.54) is 6.21 Å². The van der Waals surface area contributed by atoms with Gasteiger partial charge in [0.05, 0.1) is 18.8 Å². The minimum Gasteiger partial charge on any atom is -0.379 e. The Bertz CT molecular complexity index is 496. The molecule has 2 aliphatic heterocycles. The summed E-state index contributed by atoms with van der Waals surface area (Å²) in [6.45, 7) is 6.91. The van der Waals surface area contributed by atoms with Crippen molar-refractivity contribution < 1.29 is 4.74 Å². The Morgan fingerprint density at radius 1 is 1.38 bits per heavy atom. The molecule has 7 nitrogen and oxygen atoms in total. The molecule has 114 valence electrons. The molecule has 0 aliphatic carbocycles. The van der Waals surface area contributed by atoms with Gasteiger partial charge in [-0.3, -0.25) is 4.90 Å². The van der Waals surface area contributed by atoms with E-state index >= 15 is 0 Å². The molecule has 1 aromatic rings. The quantitative estimate of drug-likeness (QED) is 0.759. The molecule has 2 aliphatic rings. The Balaban J connectivity index is 1.59. The number of ether oxygens (including phenoxy) is 1. The molecule has 0 radical (unpaired) electrons. The predicted octanol–water partition coefficient (Wildman–Crippen LogP) is 0.284. The number of nitrogens with one attached hydrogen (secondary N) is 2. The van der Waals surface area contributed by atoms with Crippen molar-refractivity contribution in [3.63, 3.8) is 0 Å². The van der Waals surface area contributed by atoms with E-state index in [2.05, 4.69) is 25.1 Å². The van der Waals surface area contributed by atoms with Crippen molar-refractivity contribution in [3.8, 4) is 0 Å². The average molecular weight is 290 g/mol. The van der Waals surface area contributed by atoms with Gasteiger partial charge in [-0.2, -0.15) is 0 Å². The topological polar surface area (TPSA) is 77.4 Å². The number of morpholine rings is 1. The van der Waals surface area contributed by atoms with E-state index in [1.807, 2.05) is 7.05 Å². The molecule has 0 saturated carbocycles. The van der Waals surface area contributed by atoms with Crippen LogP contribution in [0.1, 0.15) is 5.56 Å². The van der Waals surface area contributed by atoms with E-state index in [1.54, 1.807) is 6.33 Å². The summed E-state index contributed by atoms with van der Waals surface area (Å²) in [5.74, 6) is 2.25. The van der Waals surface area contributed by atoms with Crippen molar-refractivity contribution in [3.05, 3.63) is 11.9 Å². The molecule has 0 unspecified atom stereocenters. The Hall–Kier alpha value is -1.73. The van der Waals surface area contributed by atoms with E-state index in [0.29, 0.717) is 11.7 Å². The first-order valence-electron chi connectivity index (χ1n) is 7.40. The van der Waals surface area contributed by atoms with Crippen molar-refractivity contribution >= 4 is 17.9 Å². The van der Waals surface area contributed by atoms with Crippen LogP contribution in [0.2, 0.25) is 0 Å². The third-order valence-electron chi connectivity index (χ3n) is 4.12. The van der Waals surface area contributed by atoms with Crippen LogP contribution in [0.25, 0.3) is 0 Å². The summed E-state index contributed by atoms with van der Waals surface area (Å²) in [5, 5.41) is 10.6. The van der Waals surface area contributed by atoms with Gasteiger partial charge in [0, 0.05) is 51.9 Å². The average Bonchev–Trinajstić information content (AvgIpc) is 2.50. The first-order chi connectivity index (χ1) is 10.3. The van der Waals surface area contributed by atoms with Gasteiger partial charge in [-0.1, -0.05) is 0 Å². The molecule has 2 N–H and O–H groups in total. The van der Waals surface area contributed by atoms with Crippen molar-refractivity contribution in [2.75, 3.05) is 63.2 Å². The molecule has 2 saturated heterocycles. The van der Waals surface area contributed by atoms with Crippen LogP contribution in [0.4, 0.5) is 11.6 Å². The van der Waals surface area contributed by atoms with Gasteiger partial charge >= 0.3 is 0 Å². The van der Waals surface area contributed by atoms with Crippen LogP contribution >= 0.6 is 0 Å². The normalized spacial score (nSPS) is 20.1. The highest BCUT2D eigenvalue weighted by Gasteiger charge is 2.31. The van der Waals surface area contributed by atoms with Crippen molar-refractivity contribution in [1.82, 2.24) is 14.9 Å². The molecule has 3 rings (SSSR count). The fourth-order valence-electron chi connectivity index (χ4n) is 2.98. The van der Waals surface area contributed by atoms with Crippen LogP contribution in [0.5, 0.6) is 0 Å². The lowest BCUT2D eigenvalue weighted by atomic mass is 9.98. The summed E-state index contributed by atoms with van der Waals surface area (Å²) in [5.41, 5.74) is 0.768. The van der Waals surface area contributed by atoms with Crippen LogP contribution in [-0.4, -0.2) is 74.1 Å². The first kappa shape index (κ1) is 14.2. The summed E-state index contributed by atoms with van der Waals surface area (Å²) in [7, 11) is 1.82. The summed E-state index contributed by atoms with van der Waals surface area (Å²) >= 11 is 0. The fourth-order valence-corrected chi connectivity index (χ4v) is 2.98. The molecular formula is C14H22N6O. The Morgan fingerprint density at radius 3 is 2.81 bits per heavy atom. The second-order valence-electron chi connectivity index (χ2n) is 5.54. The standard InChI is InChI=1S/C14H22N6O/c1-16-13-12(6-15)14(18-10-17-13)20-8-11(9-20)7-19-2-4-21-5-3-19/h6,10-11,15H,2-5,7-9H2,1H3,(H,16,17,18). The van der Waals surface area contributed by atoms with Gasteiger partial charge in [0.1, 0.15) is 18.0 Å². The number of hydrogen-bond acceptors (Lipinski definition) is 7. The highest BCUT2D eigenvalue weighted by atomic mass is 16.5. The molecule has 7 heteroatoms. The van der Waals surface area contributed by atoms with E-state index < -0.39 is 0 Å². The summed E-state index contributed by atoms with van der Waals surface area (Å²) in [6, 6.07) is 0. The number of nitrogens with zero attached hydrogens (tertiary/aromatic N) is 4. The zero-order valence-electron chi connectivity index (χ0n) is 12.4. The largest absolute Gasteiger partial charge is 0.379 e. The maximum Gasteiger partial charge on any atom is 0.143 e. The van der Waals surface area contributed by atoms with Gasteiger partial charge in [0.25, 0.3) is 0 Å². The first-order valence-corrected chi connectivity index (χ1v) is 7.40. The second kappa shape index (κ2) is 6.36. The lowest BCUT2D eigenvalue weighted by Gasteiger charge is -2.43. The molecule has 2 fully saturated rings. The van der Waals surface area contributed by atoms with E-state index in [9.17, 15) is 0 Å². The third kappa shape index (κ3) is 2.98. The highest BCUT2D eigenvalue weighted by Crippen LogP contribution is 2.28. The van der Waals surface area contributed by atoms with E-state index in [4.69, 9.17) is 10.1 Å². The summed E-state index contributed by atoms with van der Waals surface area (Å²) < 4.78 is 5.38. The van der Waals surface area contributed by atoms with Crippen molar-refractivity contribution in [2.24, 2.45) is 5.92 Å². The summed E-state index contributed by atoms with van der Waals surface area (Å²) in [6.07, 6.45) is 2.89. The Morgan fingerprint density at radius 2 is 2.14 bits per heavy atom. The van der Waals surface area contributed by atoms with Crippen LogP contribution in [0.3, 0.4) is 0 Å². The fraction of sp³-hybridized carbons (Fsp3) is 0.643. The second-order valence-corrected chi connectivity index (χ2v) is 5.54. The zero-order chi connectivity index (χ0) is 14.7. The van der Waals surface area contributed by atoms with Crippen LogP contribution in [0.15, 0.2) is 6.33 Å². The molecule has 1 aromatic heterocycles. The molecule has 0 atom stereocenters.